The van der Waals surface area contributed by atoms with Crippen molar-refractivity contribution >= 4 is 22.9 Å². The first-order valence-corrected chi connectivity index (χ1v) is 12.0. The van der Waals surface area contributed by atoms with Crippen LogP contribution in [0.15, 0.2) is 48.8 Å². The average molecular weight is 472 g/mol. The molecule has 1 fully saturated rings. The molecule has 5 rings (SSSR count). The summed E-state index contributed by atoms with van der Waals surface area (Å²) in [7, 11) is 0. The largest absolute Gasteiger partial charge is 0.378 e. The maximum atomic E-state index is 12.7. The summed E-state index contributed by atoms with van der Waals surface area (Å²) >= 11 is 1.61. The van der Waals surface area contributed by atoms with Gasteiger partial charge in [-0.25, -0.2) is 14.5 Å². The monoisotopic (exact) mass is 471 g/mol. The minimum atomic E-state index is 0.00667. The first-order valence-electron chi connectivity index (χ1n) is 11.2. The highest BCUT2D eigenvalue weighted by molar-refractivity contribution is 7.12. The highest BCUT2D eigenvalue weighted by atomic mass is 32.1. The van der Waals surface area contributed by atoms with Crippen molar-refractivity contribution in [3.8, 4) is 23.1 Å². The Bertz CT molecular complexity index is 1400. The number of hydrogen-bond acceptors (Lipinski definition) is 6. The predicted octanol–water partition coefficient (Wildman–Crippen LogP) is 4.02. The Morgan fingerprint density at radius 3 is 2.47 bits per heavy atom. The summed E-state index contributed by atoms with van der Waals surface area (Å²) in [5.41, 5.74) is 3.82. The number of aromatic nitrogens is 4. The van der Waals surface area contributed by atoms with E-state index in [1.165, 1.54) is 0 Å². The van der Waals surface area contributed by atoms with Crippen molar-refractivity contribution in [2.75, 3.05) is 26.3 Å². The van der Waals surface area contributed by atoms with Crippen LogP contribution in [-0.2, 0) is 10.2 Å². The quantitative estimate of drug-likeness (QED) is 0.413. The molecule has 0 radical (unpaired) electrons. The number of imidazole rings is 1. The normalized spacial score (nSPS) is 14.1. The van der Waals surface area contributed by atoms with Gasteiger partial charge in [0.15, 0.2) is 5.65 Å². The summed E-state index contributed by atoms with van der Waals surface area (Å²) in [5.74, 6) is 6.41. The Morgan fingerprint density at radius 1 is 1.00 bits per heavy atom. The predicted molar refractivity (Wildman–Crippen MR) is 132 cm³/mol. The second kappa shape index (κ2) is 9.01. The van der Waals surface area contributed by atoms with E-state index in [0.29, 0.717) is 37.6 Å². The zero-order valence-electron chi connectivity index (χ0n) is 19.4. The molecule has 0 N–H and O–H groups in total. The van der Waals surface area contributed by atoms with E-state index in [1.807, 2.05) is 47.5 Å². The Kier molecular flexibility index (Phi) is 5.90. The van der Waals surface area contributed by atoms with Crippen LogP contribution in [-0.4, -0.2) is 56.7 Å². The minimum Gasteiger partial charge on any atom is -0.378 e. The molecule has 1 aliphatic rings. The number of carbonyl (C=O) groups is 1. The summed E-state index contributed by atoms with van der Waals surface area (Å²) in [5, 5.41) is 5.82. The Labute approximate surface area is 202 Å². The highest BCUT2D eigenvalue weighted by Gasteiger charge is 2.19. The SMILES string of the molecule is CC(C)(C)c1ncc(C#Cc2cnc3ccc(-c4ccc(C(=O)N5CCOCC5)cc4)nn23)s1. The number of fused-ring (bicyclic) bond motifs is 1. The maximum absolute atomic E-state index is 12.7. The summed E-state index contributed by atoms with van der Waals surface area (Å²) in [4.78, 5) is 24.4. The van der Waals surface area contributed by atoms with Gasteiger partial charge in [-0.15, -0.1) is 11.3 Å². The molecule has 0 atom stereocenters. The zero-order chi connectivity index (χ0) is 23.7. The van der Waals surface area contributed by atoms with Crippen LogP contribution in [0.1, 0.15) is 46.7 Å². The van der Waals surface area contributed by atoms with Gasteiger partial charge in [-0.2, -0.15) is 5.10 Å². The lowest BCUT2D eigenvalue weighted by Crippen LogP contribution is -2.40. The molecule has 4 heterocycles. The highest BCUT2D eigenvalue weighted by Crippen LogP contribution is 2.26. The van der Waals surface area contributed by atoms with Crippen molar-refractivity contribution in [3.63, 3.8) is 0 Å². The van der Waals surface area contributed by atoms with E-state index in [-0.39, 0.29) is 11.3 Å². The summed E-state index contributed by atoms with van der Waals surface area (Å²) < 4.78 is 7.09. The molecule has 1 aromatic carbocycles. The fourth-order valence-corrected chi connectivity index (χ4v) is 4.48. The lowest BCUT2D eigenvalue weighted by molar-refractivity contribution is 0.0303. The van der Waals surface area contributed by atoms with Crippen LogP contribution in [0, 0.1) is 11.8 Å². The third kappa shape index (κ3) is 4.58. The fraction of sp³-hybridized carbons (Fsp3) is 0.308. The van der Waals surface area contributed by atoms with Crippen molar-refractivity contribution in [2.24, 2.45) is 0 Å². The summed E-state index contributed by atoms with van der Waals surface area (Å²) in [6.45, 7) is 8.86. The van der Waals surface area contributed by atoms with E-state index < -0.39 is 0 Å². The smallest absolute Gasteiger partial charge is 0.254 e. The standard InChI is InChI=1S/C26H25N5O2S/c1-26(2,3)25-28-17-21(34-25)9-8-20-16-27-23-11-10-22(29-31(20)23)18-4-6-19(7-5-18)24(32)30-12-14-33-15-13-30/h4-7,10-11,16-17H,12-15H2,1-3H3. The third-order valence-corrected chi connectivity index (χ3v) is 6.89. The average Bonchev–Trinajstić information content (AvgIpc) is 3.50. The van der Waals surface area contributed by atoms with Crippen molar-refractivity contribution in [1.82, 2.24) is 24.5 Å². The number of amides is 1. The van der Waals surface area contributed by atoms with Crippen LogP contribution < -0.4 is 0 Å². The van der Waals surface area contributed by atoms with E-state index in [4.69, 9.17) is 9.84 Å². The van der Waals surface area contributed by atoms with Crippen LogP contribution >= 0.6 is 11.3 Å². The van der Waals surface area contributed by atoms with Crippen molar-refractivity contribution in [3.05, 3.63) is 69.9 Å². The van der Waals surface area contributed by atoms with E-state index in [1.54, 1.807) is 22.0 Å². The van der Waals surface area contributed by atoms with Crippen LogP contribution in [0.5, 0.6) is 0 Å². The number of rotatable bonds is 2. The number of carbonyl (C=O) groups excluding carboxylic acids is 1. The second-order valence-electron chi connectivity index (χ2n) is 9.14. The maximum Gasteiger partial charge on any atom is 0.254 e. The zero-order valence-corrected chi connectivity index (χ0v) is 20.2. The van der Waals surface area contributed by atoms with Gasteiger partial charge in [0.2, 0.25) is 0 Å². The fourth-order valence-electron chi connectivity index (χ4n) is 3.65. The molecule has 1 amide bonds. The van der Waals surface area contributed by atoms with Gasteiger partial charge in [-0.05, 0) is 36.1 Å². The molecule has 1 saturated heterocycles. The number of nitrogens with zero attached hydrogens (tertiary/aromatic N) is 5. The number of benzene rings is 1. The van der Waals surface area contributed by atoms with Crippen LogP contribution in [0.3, 0.4) is 0 Å². The first-order chi connectivity index (χ1) is 16.4. The Hall–Kier alpha value is -3.54. The van der Waals surface area contributed by atoms with Gasteiger partial charge in [0.25, 0.3) is 5.91 Å². The van der Waals surface area contributed by atoms with Crippen LogP contribution in [0.25, 0.3) is 16.9 Å². The van der Waals surface area contributed by atoms with Crippen LogP contribution in [0.2, 0.25) is 0 Å². The molecular weight excluding hydrogens is 446 g/mol. The Morgan fingerprint density at radius 2 is 1.76 bits per heavy atom. The molecule has 0 saturated carbocycles. The van der Waals surface area contributed by atoms with E-state index in [2.05, 4.69) is 42.6 Å². The van der Waals surface area contributed by atoms with E-state index in [9.17, 15) is 4.79 Å². The van der Waals surface area contributed by atoms with Gasteiger partial charge in [0, 0.05) is 29.6 Å². The molecule has 34 heavy (non-hydrogen) atoms. The first kappa shape index (κ1) is 22.3. The van der Waals surface area contributed by atoms with Crippen molar-refractivity contribution < 1.29 is 9.53 Å². The van der Waals surface area contributed by atoms with Gasteiger partial charge in [0.1, 0.15) is 5.69 Å². The van der Waals surface area contributed by atoms with Gasteiger partial charge < -0.3 is 9.64 Å². The topological polar surface area (TPSA) is 72.6 Å². The van der Waals surface area contributed by atoms with Crippen LogP contribution in [0.4, 0.5) is 0 Å². The number of thiazole rings is 1. The Balaban J connectivity index is 1.39. The molecule has 8 heteroatoms. The molecule has 0 bridgehead atoms. The van der Waals surface area contributed by atoms with Gasteiger partial charge in [0.05, 0.1) is 41.2 Å². The number of ether oxygens (including phenoxy) is 1. The van der Waals surface area contributed by atoms with Crippen molar-refractivity contribution in [2.45, 2.75) is 26.2 Å². The van der Waals surface area contributed by atoms with Gasteiger partial charge in [-0.1, -0.05) is 32.9 Å². The van der Waals surface area contributed by atoms with E-state index >= 15 is 0 Å². The molecule has 7 nitrogen and oxygen atoms in total. The lowest BCUT2D eigenvalue weighted by atomic mass is 9.98. The molecule has 172 valence electrons. The number of morpholine rings is 1. The molecule has 3 aromatic heterocycles. The molecular formula is C26H25N5O2S. The van der Waals surface area contributed by atoms with E-state index in [0.717, 1.165) is 26.8 Å². The third-order valence-electron chi connectivity index (χ3n) is 5.55. The number of hydrogen-bond donors (Lipinski definition) is 0. The molecule has 0 unspecified atom stereocenters. The molecule has 4 aromatic rings. The molecule has 0 aliphatic carbocycles. The van der Waals surface area contributed by atoms with Gasteiger partial charge >= 0.3 is 0 Å². The molecule has 0 spiro atoms. The summed E-state index contributed by atoms with van der Waals surface area (Å²) in [6, 6.07) is 11.4. The second-order valence-corrected chi connectivity index (χ2v) is 10.2. The van der Waals surface area contributed by atoms with Gasteiger partial charge in [-0.3, -0.25) is 4.79 Å². The van der Waals surface area contributed by atoms with Crippen molar-refractivity contribution in [1.29, 1.82) is 0 Å². The lowest BCUT2D eigenvalue weighted by Gasteiger charge is -2.26. The minimum absolute atomic E-state index is 0.00667. The molecule has 1 aliphatic heterocycles. The summed E-state index contributed by atoms with van der Waals surface area (Å²) in [6.07, 6.45) is 3.55.